The van der Waals surface area contributed by atoms with Crippen LogP contribution in [0, 0.1) is 0 Å². The molecule has 2 fully saturated rings. The zero-order valence-electron chi connectivity index (χ0n) is 13.6. The molecule has 6 nitrogen and oxygen atoms in total. The van der Waals surface area contributed by atoms with Crippen molar-refractivity contribution < 1.29 is 23.2 Å². The predicted octanol–water partition coefficient (Wildman–Crippen LogP) is 1.50. The van der Waals surface area contributed by atoms with Crippen molar-refractivity contribution in [3.63, 3.8) is 0 Å². The number of fused-ring (bicyclic) bond motifs is 1. The number of piperidine rings is 1. The van der Waals surface area contributed by atoms with Crippen molar-refractivity contribution in [1.82, 2.24) is 10.2 Å². The van der Waals surface area contributed by atoms with Crippen LogP contribution in [0.3, 0.4) is 0 Å². The van der Waals surface area contributed by atoms with E-state index in [0.717, 1.165) is 6.08 Å². The van der Waals surface area contributed by atoms with Crippen molar-refractivity contribution in [1.29, 1.82) is 0 Å². The van der Waals surface area contributed by atoms with Crippen LogP contribution in [0.5, 0.6) is 0 Å². The lowest BCUT2D eigenvalue weighted by atomic mass is 9.93. The first-order valence-electron chi connectivity index (χ1n) is 8.27. The molecule has 3 amide bonds. The highest BCUT2D eigenvalue weighted by atomic mass is 19.1. The molecular weight excluding hydrogens is 332 g/mol. The Balaban J connectivity index is 2.02. The van der Waals surface area contributed by atoms with E-state index in [9.17, 15) is 23.2 Å². The first-order valence-corrected chi connectivity index (χ1v) is 8.27. The lowest BCUT2D eigenvalue weighted by Gasteiger charge is -2.35. The molecule has 1 unspecified atom stereocenters. The molecule has 8 heteroatoms. The Morgan fingerprint density at radius 3 is 2.64 bits per heavy atom. The van der Waals surface area contributed by atoms with Gasteiger partial charge in [-0.2, -0.15) is 0 Å². The molecule has 0 saturated carbocycles. The number of nitrogens with two attached hydrogens (primary N) is 1. The van der Waals surface area contributed by atoms with Crippen LogP contribution in [-0.2, 0) is 14.4 Å². The number of carbonyl (C=O) groups is 3. The molecule has 3 rings (SSSR count). The third kappa shape index (κ3) is 3.33. The molecule has 0 spiro atoms. The summed E-state index contributed by atoms with van der Waals surface area (Å²) >= 11 is 0. The summed E-state index contributed by atoms with van der Waals surface area (Å²) in [6.45, 7) is 0.246. The van der Waals surface area contributed by atoms with Crippen molar-refractivity contribution in [2.24, 2.45) is 5.73 Å². The van der Waals surface area contributed by atoms with E-state index in [-0.39, 0.29) is 49.1 Å². The van der Waals surface area contributed by atoms with Gasteiger partial charge < -0.3 is 10.6 Å². The highest BCUT2D eigenvalue weighted by molar-refractivity contribution is 6.05. The number of hydrogen-bond acceptors (Lipinski definition) is 4. The predicted molar refractivity (Wildman–Crippen MR) is 84.9 cm³/mol. The monoisotopic (exact) mass is 351 g/mol. The highest BCUT2D eigenvalue weighted by Crippen LogP contribution is 2.35. The number of amides is 3. The van der Waals surface area contributed by atoms with E-state index in [1.807, 2.05) is 0 Å². The smallest absolute Gasteiger partial charge is 0.257 e. The Morgan fingerprint density at radius 1 is 1.16 bits per heavy atom. The topological polar surface area (TPSA) is 92.5 Å². The number of rotatable bonds is 1. The maximum atomic E-state index is 14.6. The van der Waals surface area contributed by atoms with Crippen LogP contribution in [0.4, 0.5) is 8.78 Å². The molecular formula is C17H19F2N3O3. The van der Waals surface area contributed by atoms with Gasteiger partial charge in [0.2, 0.25) is 11.8 Å². The SMILES string of the molecule is NC1=CC(F)=C2C(=O)N(C3CCC(=O)NC3=O)CCCCC2=C(F)C1. The molecule has 0 bridgehead atoms. The van der Waals surface area contributed by atoms with Crippen molar-refractivity contribution in [2.45, 2.75) is 44.6 Å². The largest absolute Gasteiger partial charge is 0.402 e. The number of hydrogen-bond donors (Lipinski definition) is 2. The van der Waals surface area contributed by atoms with E-state index in [1.165, 1.54) is 4.90 Å². The molecule has 0 radical (unpaired) electrons. The minimum atomic E-state index is -0.885. The molecule has 2 saturated heterocycles. The van der Waals surface area contributed by atoms with Gasteiger partial charge in [0.15, 0.2) is 0 Å². The van der Waals surface area contributed by atoms with Crippen LogP contribution in [0.15, 0.2) is 34.6 Å². The molecule has 3 N–H and O–H groups in total. The van der Waals surface area contributed by atoms with Gasteiger partial charge in [-0.15, -0.1) is 0 Å². The van der Waals surface area contributed by atoms with E-state index < -0.39 is 35.4 Å². The Hall–Kier alpha value is -2.51. The molecule has 2 aliphatic heterocycles. The number of nitrogens with one attached hydrogen (secondary N) is 1. The van der Waals surface area contributed by atoms with Crippen LogP contribution in [0.1, 0.15) is 38.5 Å². The summed E-state index contributed by atoms with van der Waals surface area (Å²) in [5.41, 5.74) is 5.26. The van der Waals surface area contributed by atoms with Gasteiger partial charge in [-0.1, -0.05) is 0 Å². The Labute approximate surface area is 143 Å². The number of imide groups is 1. The summed E-state index contributed by atoms with van der Waals surface area (Å²) in [5.74, 6) is -3.22. The van der Waals surface area contributed by atoms with E-state index in [4.69, 9.17) is 5.73 Å². The Kier molecular flexibility index (Phi) is 4.69. The van der Waals surface area contributed by atoms with E-state index in [1.54, 1.807) is 0 Å². The quantitative estimate of drug-likeness (QED) is 0.700. The Morgan fingerprint density at radius 2 is 1.92 bits per heavy atom. The van der Waals surface area contributed by atoms with Gasteiger partial charge in [-0.3, -0.25) is 19.7 Å². The molecule has 0 aromatic heterocycles. The summed E-state index contributed by atoms with van der Waals surface area (Å²) in [6, 6.07) is -0.863. The second kappa shape index (κ2) is 6.78. The molecule has 0 aromatic carbocycles. The number of allylic oxidation sites excluding steroid dienone is 3. The molecule has 0 aromatic rings. The highest BCUT2D eigenvalue weighted by Gasteiger charge is 2.38. The minimum absolute atomic E-state index is 0.00195. The molecule has 1 atom stereocenters. The second-order valence-corrected chi connectivity index (χ2v) is 6.42. The van der Waals surface area contributed by atoms with E-state index in [0.29, 0.717) is 12.8 Å². The third-order valence-corrected chi connectivity index (χ3v) is 4.68. The molecule has 1 aliphatic carbocycles. The number of carbonyl (C=O) groups excluding carboxylic acids is 3. The van der Waals surface area contributed by atoms with Gasteiger partial charge >= 0.3 is 0 Å². The average molecular weight is 351 g/mol. The van der Waals surface area contributed by atoms with Crippen molar-refractivity contribution in [3.05, 3.63) is 34.6 Å². The van der Waals surface area contributed by atoms with Crippen LogP contribution in [0.2, 0.25) is 0 Å². The van der Waals surface area contributed by atoms with Gasteiger partial charge in [-0.05, 0) is 37.3 Å². The summed E-state index contributed by atoms with van der Waals surface area (Å²) in [5, 5.41) is 2.20. The van der Waals surface area contributed by atoms with Crippen LogP contribution in [-0.4, -0.2) is 35.2 Å². The number of nitrogens with zero attached hydrogens (tertiary/aromatic N) is 1. The summed E-state index contributed by atoms with van der Waals surface area (Å²) in [7, 11) is 0. The normalized spacial score (nSPS) is 25.8. The molecule has 25 heavy (non-hydrogen) atoms. The summed E-state index contributed by atoms with van der Waals surface area (Å²) in [6.07, 6.45) is 2.34. The Bertz CT molecular complexity index is 739. The fraction of sp³-hybridized carbons (Fsp3) is 0.471. The molecule has 3 aliphatic rings. The summed E-state index contributed by atoms with van der Waals surface area (Å²) < 4.78 is 29.0. The first-order chi connectivity index (χ1) is 11.9. The van der Waals surface area contributed by atoms with E-state index in [2.05, 4.69) is 5.32 Å². The average Bonchev–Trinajstić information content (AvgIpc) is 2.61. The van der Waals surface area contributed by atoms with Crippen LogP contribution in [0.25, 0.3) is 0 Å². The van der Waals surface area contributed by atoms with Gasteiger partial charge in [0.05, 0.1) is 5.57 Å². The van der Waals surface area contributed by atoms with Gasteiger partial charge in [0.25, 0.3) is 5.91 Å². The molecule has 2 heterocycles. The van der Waals surface area contributed by atoms with Gasteiger partial charge in [0, 0.05) is 25.1 Å². The van der Waals surface area contributed by atoms with Gasteiger partial charge in [-0.25, -0.2) is 8.78 Å². The fourth-order valence-corrected chi connectivity index (χ4v) is 3.45. The van der Waals surface area contributed by atoms with Crippen LogP contribution >= 0.6 is 0 Å². The van der Waals surface area contributed by atoms with Crippen molar-refractivity contribution in [2.75, 3.05) is 6.54 Å². The number of likely N-dealkylation sites (tertiary alicyclic amines) is 1. The zero-order valence-corrected chi connectivity index (χ0v) is 13.6. The lowest BCUT2D eigenvalue weighted by molar-refractivity contribution is -0.144. The van der Waals surface area contributed by atoms with Crippen LogP contribution < -0.4 is 11.1 Å². The summed E-state index contributed by atoms with van der Waals surface area (Å²) in [4.78, 5) is 37.7. The molecule has 134 valence electrons. The second-order valence-electron chi connectivity index (χ2n) is 6.42. The third-order valence-electron chi connectivity index (χ3n) is 4.68. The fourth-order valence-electron chi connectivity index (χ4n) is 3.45. The number of halogens is 2. The lowest BCUT2D eigenvalue weighted by Crippen LogP contribution is -2.55. The van der Waals surface area contributed by atoms with Crippen molar-refractivity contribution in [3.8, 4) is 0 Å². The maximum absolute atomic E-state index is 14.6. The van der Waals surface area contributed by atoms with E-state index >= 15 is 0 Å². The first kappa shape index (κ1) is 17.3. The standard InChI is InChI=1S/C17H19F2N3O3/c18-11-7-9(20)8-12(19)15-10(11)3-1-2-6-22(17(15)25)13-4-5-14(23)21-16(13)24/h8,13H,1-7,20H2,(H,21,23,24). The minimum Gasteiger partial charge on any atom is -0.402 e. The van der Waals surface area contributed by atoms with Gasteiger partial charge in [0.1, 0.15) is 17.7 Å². The maximum Gasteiger partial charge on any atom is 0.257 e. The zero-order chi connectivity index (χ0) is 18.1. The van der Waals surface area contributed by atoms with Crippen molar-refractivity contribution >= 4 is 17.7 Å².